The maximum atomic E-state index is 10.7. The summed E-state index contributed by atoms with van der Waals surface area (Å²) in [5.41, 5.74) is 0.675. The van der Waals surface area contributed by atoms with Crippen LogP contribution in [0.1, 0.15) is 0 Å². The molecular weight excluding hydrogens is 198 g/mol. The molecule has 0 bridgehead atoms. The van der Waals surface area contributed by atoms with Gasteiger partial charge in [-0.2, -0.15) is 0 Å². The molecule has 0 fully saturated rings. The fraction of sp³-hybridized carbons (Fsp3) is 0.300. The zero-order chi connectivity index (χ0) is 10.8. The van der Waals surface area contributed by atoms with E-state index in [9.17, 15) is 4.79 Å². The summed E-state index contributed by atoms with van der Waals surface area (Å²) in [6.07, 6.45) is 0. The summed E-state index contributed by atoms with van der Waals surface area (Å²) in [5, 5.41) is 11.7. The molecule has 5 heteroatoms. The van der Waals surface area contributed by atoms with Crippen molar-refractivity contribution in [2.45, 2.75) is 6.04 Å². The zero-order valence-corrected chi connectivity index (χ0v) is 8.19. The molecule has 1 aliphatic heterocycles. The lowest BCUT2D eigenvalue weighted by Crippen LogP contribution is -2.38. The Morgan fingerprint density at radius 3 is 3.13 bits per heavy atom. The van der Waals surface area contributed by atoms with Crippen LogP contribution in [0.4, 0.5) is 5.69 Å². The SMILES string of the molecule is COc1ccc2c(c1)OCC(C(=O)O)N2. The smallest absolute Gasteiger partial charge is 0.329 e. The van der Waals surface area contributed by atoms with E-state index in [-0.39, 0.29) is 6.61 Å². The molecule has 1 heterocycles. The van der Waals surface area contributed by atoms with Gasteiger partial charge in [0.25, 0.3) is 0 Å². The number of carboxylic acids is 1. The average Bonchev–Trinajstić information content (AvgIpc) is 2.27. The second kappa shape index (κ2) is 3.68. The van der Waals surface area contributed by atoms with Crippen molar-refractivity contribution in [2.24, 2.45) is 0 Å². The Labute approximate surface area is 86.6 Å². The predicted octanol–water partition coefficient (Wildman–Crippen LogP) is 0.953. The van der Waals surface area contributed by atoms with Crippen LogP contribution in [-0.4, -0.2) is 30.8 Å². The Bertz CT molecular complexity index is 391. The van der Waals surface area contributed by atoms with Crippen molar-refractivity contribution in [2.75, 3.05) is 19.0 Å². The fourth-order valence-electron chi connectivity index (χ4n) is 1.40. The van der Waals surface area contributed by atoms with Crippen molar-refractivity contribution >= 4 is 11.7 Å². The van der Waals surface area contributed by atoms with Gasteiger partial charge < -0.3 is 19.9 Å². The van der Waals surface area contributed by atoms with E-state index in [1.165, 1.54) is 0 Å². The number of fused-ring (bicyclic) bond motifs is 1. The number of carboxylic acid groups (broad SMARTS) is 1. The molecule has 80 valence electrons. The Kier molecular flexibility index (Phi) is 2.37. The fourth-order valence-corrected chi connectivity index (χ4v) is 1.40. The van der Waals surface area contributed by atoms with Gasteiger partial charge in [0.05, 0.1) is 12.8 Å². The molecule has 2 N–H and O–H groups in total. The third kappa shape index (κ3) is 1.81. The minimum atomic E-state index is -0.920. The number of methoxy groups -OCH3 is 1. The monoisotopic (exact) mass is 209 g/mol. The lowest BCUT2D eigenvalue weighted by Gasteiger charge is -2.24. The van der Waals surface area contributed by atoms with E-state index in [2.05, 4.69) is 5.32 Å². The summed E-state index contributed by atoms with van der Waals surface area (Å²) >= 11 is 0. The number of anilines is 1. The minimum Gasteiger partial charge on any atom is -0.497 e. The summed E-state index contributed by atoms with van der Waals surface area (Å²) < 4.78 is 10.3. The van der Waals surface area contributed by atoms with Crippen molar-refractivity contribution in [1.29, 1.82) is 0 Å². The van der Waals surface area contributed by atoms with Gasteiger partial charge in [-0.25, -0.2) is 4.79 Å². The first-order valence-electron chi connectivity index (χ1n) is 4.51. The van der Waals surface area contributed by atoms with Crippen LogP contribution in [0.3, 0.4) is 0 Å². The van der Waals surface area contributed by atoms with E-state index in [0.29, 0.717) is 17.2 Å². The molecule has 0 radical (unpaired) electrons. The summed E-state index contributed by atoms with van der Waals surface area (Å²) in [6, 6.07) is 4.52. The minimum absolute atomic E-state index is 0.121. The first-order chi connectivity index (χ1) is 7.20. The second-order valence-corrected chi connectivity index (χ2v) is 3.21. The van der Waals surface area contributed by atoms with Gasteiger partial charge in [0.1, 0.15) is 18.1 Å². The summed E-state index contributed by atoms with van der Waals surface area (Å²) in [5.74, 6) is 0.382. The van der Waals surface area contributed by atoms with Crippen LogP contribution in [0, 0.1) is 0 Å². The molecule has 0 saturated heterocycles. The predicted molar refractivity (Wildman–Crippen MR) is 53.5 cm³/mol. The normalized spacial score (nSPS) is 18.3. The second-order valence-electron chi connectivity index (χ2n) is 3.21. The van der Waals surface area contributed by atoms with Crippen molar-refractivity contribution in [3.8, 4) is 11.5 Å². The third-order valence-electron chi connectivity index (χ3n) is 2.22. The number of hydrogen-bond donors (Lipinski definition) is 2. The summed E-state index contributed by atoms with van der Waals surface area (Å²) in [4.78, 5) is 10.7. The Balaban J connectivity index is 2.24. The number of rotatable bonds is 2. The Hall–Kier alpha value is -1.91. The zero-order valence-electron chi connectivity index (χ0n) is 8.19. The maximum Gasteiger partial charge on any atom is 0.329 e. The molecule has 1 aromatic carbocycles. The van der Waals surface area contributed by atoms with Gasteiger partial charge in [0, 0.05) is 6.07 Å². The van der Waals surface area contributed by atoms with E-state index in [1.807, 2.05) is 0 Å². The number of hydrogen-bond acceptors (Lipinski definition) is 4. The summed E-state index contributed by atoms with van der Waals surface area (Å²) in [6.45, 7) is 0.121. The highest BCUT2D eigenvalue weighted by molar-refractivity contribution is 5.79. The molecule has 1 atom stereocenters. The molecule has 0 amide bonds. The first kappa shape index (κ1) is 9.64. The molecule has 1 aliphatic rings. The number of benzene rings is 1. The molecule has 2 rings (SSSR count). The first-order valence-corrected chi connectivity index (χ1v) is 4.51. The topological polar surface area (TPSA) is 67.8 Å². The van der Waals surface area contributed by atoms with E-state index < -0.39 is 12.0 Å². The van der Waals surface area contributed by atoms with Gasteiger partial charge in [0.15, 0.2) is 6.04 Å². The highest BCUT2D eigenvalue weighted by atomic mass is 16.5. The van der Waals surface area contributed by atoms with E-state index >= 15 is 0 Å². The van der Waals surface area contributed by atoms with Gasteiger partial charge in [-0.15, -0.1) is 0 Å². The van der Waals surface area contributed by atoms with E-state index in [0.717, 1.165) is 0 Å². The van der Waals surface area contributed by atoms with Gasteiger partial charge >= 0.3 is 5.97 Å². The largest absolute Gasteiger partial charge is 0.497 e. The molecular formula is C10H11NO4. The van der Waals surface area contributed by atoms with Gasteiger partial charge in [0.2, 0.25) is 0 Å². The van der Waals surface area contributed by atoms with Crippen LogP contribution in [0.25, 0.3) is 0 Å². The lowest BCUT2D eigenvalue weighted by molar-refractivity contribution is -0.138. The van der Waals surface area contributed by atoms with Crippen molar-refractivity contribution in [3.63, 3.8) is 0 Å². The van der Waals surface area contributed by atoms with Crippen molar-refractivity contribution < 1.29 is 19.4 Å². The van der Waals surface area contributed by atoms with Crippen LogP contribution in [0.2, 0.25) is 0 Å². The van der Waals surface area contributed by atoms with Crippen LogP contribution in [0.5, 0.6) is 11.5 Å². The van der Waals surface area contributed by atoms with Crippen LogP contribution in [0.15, 0.2) is 18.2 Å². The summed E-state index contributed by atoms with van der Waals surface area (Å²) in [7, 11) is 1.57. The van der Waals surface area contributed by atoms with Gasteiger partial charge in [-0.05, 0) is 12.1 Å². The molecule has 1 unspecified atom stereocenters. The number of carbonyl (C=O) groups is 1. The highest BCUT2D eigenvalue weighted by Crippen LogP contribution is 2.32. The molecule has 5 nitrogen and oxygen atoms in total. The van der Waals surface area contributed by atoms with E-state index in [1.54, 1.807) is 25.3 Å². The standard InChI is InChI=1S/C10H11NO4/c1-14-6-2-3-7-9(4-6)15-5-8(11-7)10(12)13/h2-4,8,11H,5H2,1H3,(H,12,13). The lowest BCUT2D eigenvalue weighted by atomic mass is 10.2. The Morgan fingerprint density at radius 2 is 2.47 bits per heavy atom. The van der Waals surface area contributed by atoms with E-state index in [4.69, 9.17) is 14.6 Å². The van der Waals surface area contributed by atoms with Crippen molar-refractivity contribution in [3.05, 3.63) is 18.2 Å². The number of nitrogens with one attached hydrogen (secondary N) is 1. The highest BCUT2D eigenvalue weighted by Gasteiger charge is 2.24. The molecule has 0 aliphatic carbocycles. The third-order valence-corrected chi connectivity index (χ3v) is 2.22. The molecule has 0 saturated carbocycles. The quantitative estimate of drug-likeness (QED) is 0.759. The van der Waals surface area contributed by atoms with Crippen LogP contribution < -0.4 is 14.8 Å². The molecule has 0 spiro atoms. The number of aliphatic carboxylic acids is 1. The van der Waals surface area contributed by atoms with Crippen LogP contribution >= 0.6 is 0 Å². The maximum absolute atomic E-state index is 10.7. The Morgan fingerprint density at radius 1 is 1.67 bits per heavy atom. The average molecular weight is 209 g/mol. The van der Waals surface area contributed by atoms with Gasteiger partial charge in [-0.3, -0.25) is 0 Å². The van der Waals surface area contributed by atoms with Crippen LogP contribution in [-0.2, 0) is 4.79 Å². The molecule has 15 heavy (non-hydrogen) atoms. The van der Waals surface area contributed by atoms with Gasteiger partial charge in [-0.1, -0.05) is 0 Å². The van der Waals surface area contributed by atoms with Crippen molar-refractivity contribution in [1.82, 2.24) is 0 Å². The molecule has 0 aromatic heterocycles. The number of ether oxygens (including phenoxy) is 2. The molecule has 1 aromatic rings.